The van der Waals surface area contributed by atoms with Gasteiger partial charge in [0.25, 0.3) is 0 Å². The van der Waals surface area contributed by atoms with Crippen LogP contribution in [0.15, 0.2) is 29.2 Å². The first-order valence-electron chi connectivity index (χ1n) is 6.82. The number of hydrogen-bond donors (Lipinski definition) is 1. The van der Waals surface area contributed by atoms with Crippen LogP contribution in [0.1, 0.15) is 32.8 Å². The maximum atomic E-state index is 12.2. The lowest BCUT2D eigenvalue weighted by atomic mass is 9.93. The van der Waals surface area contributed by atoms with E-state index in [1.165, 1.54) is 6.07 Å². The second-order valence-electron chi connectivity index (χ2n) is 6.13. The molecule has 0 radical (unpaired) electrons. The number of ether oxygens (including phenoxy) is 1. The van der Waals surface area contributed by atoms with Gasteiger partial charge in [0, 0.05) is 12.2 Å². The summed E-state index contributed by atoms with van der Waals surface area (Å²) in [7, 11) is -3.37. The third-order valence-electron chi connectivity index (χ3n) is 2.97. The molecule has 0 amide bonds. The van der Waals surface area contributed by atoms with Crippen LogP contribution in [0.25, 0.3) is 0 Å². The summed E-state index contributed by atoms with van der Waals surface area (Å²) in [5.74, 6) is -0.0437. The van der Waals surface area contributed by atoms with Gasteiger partial charge in [-0.05, 0) is 24.0 Å². The SMILES string of the molecule is CC(C)(C)CCOCCS(=O)(=O)c1cccc(C(N)=S)c1. The molecule has 0 aliphatic rings. The lowest BCUT2D eigenvalue weighted by molar-refractivity contribution is 0.120. The summed E-state index contributed by atoms with van der Waals surface area (Å²) in [5.41, 5.74) is 6.26. The predicted molar refractivity (Wildman–Crippen MR) is 89.3 cm³/mol. The Hall–Kier alpha value is -0.980. The third-order valence-corrected chi connectivity index (χ3v) is 4.88. The molecule has 4 nitrogen and oxygen atoms in total. The standard InChI is InChI=1S/C15H23NO3S2/c1-15(2,3)7-8-19-9-10-21(17,18)13-6-4-5-12(11-13)14(16)20/h4-6,11H,7-10H2,1-3H3,(H2,16,20). The Labute approximate surface area is 132 Å². The maximum Gasteiger partial charge on any atom is 0.180 e. The van der Waals surface area contributed by atoms with E-state index in [9.17, 15) is 8.42 Å². The van der Waals surface area contributed by atoms with Crippen molar-refractivity contribution >= 4 is 27.0 Å². The summed E-state index contributed by atoms with van der Waals surface area (Å²) in [6.45, 7) is 7.11. The van der Waals surface area contributed by atoms with Crippen molar-refractivity contribution in [2.75, 3.05) is 19.0 Å². The quantitative estimate of drug-likeness (QED) is 0.615. The van der Waals surface area contributed by atoms with Crippen LogP contribution in [-0.2, 0) is 14.6 Å². The highest BCUT2D eigenvalue weighted by molar-refractivity contribution is 7.91. The fourth-order valence-corrected chi connectivity index (χ4v) is 2.90. The van der Waals surface area contributed by atoms with E-state index in [1.54, 1.807) is 18.2 Å². The van der Waals surface area contributed by atoms with E-state index < -0.39 is 9.84 Å². The van der Waals surface area contributed by atoms with Crippen molar-refractivity contribution in [3.63, 3.8) is 0 Å². The van der Waals surface area contributed by atoms with E-state index >= 15 is 0 Å². The van der Waals surface area contributed by atoms with Gasteiger partial charge in [-0.15, -0.1) is 0 Å². The minimum absolute atomic E-state index is 0.0437. The van der Waals surface area contributed by atoms with Crippen molar-refractivity contribution in [1.82, 2.24) is 0 Å². The molecule has 0 saturated carbocycles. The molecule has 6 heteroatoms. The molecule has 0 atom stereocenters. The Morgan fingerprint density at radius 2 is 1.95 bits per heavy atom. The summed E-state index contributed by atoms with van der Waals surface area (Å²) < 4.78 is 29.8. The van der Waals surface area contributed by atoms with Crippen molar-refractivity contribution in [3.8, 4) is 0 Å². The minimum atomic E-state index is -3.37. The maximum absolute atomic E-state index is 12.2. The molecule has 1 rings (SSSR count). The van der Waals surface area contributed by atoms with Crippen LogP contribution in [-0.4, -0.2) is 32.4 Å². The fourth-order valence-electron chi connectivity index (χ4n) is 1.61. The first-order chi connectivity index (χ1) is 9.62. The molecule has 1 aromatic carbocycles. The van der Waals surface area contributed by atoms with E-state index in [-0.39, 0.29) is 27.7 Å². The summed E-state index contributed by atoms with van der Waals surface area (Å²) in [6, 6.07) is 6.39. The van der Waals surface area contributed by atoms with Gasteiger partial charge in [-0.3, -0.25) is 0 Å². The summed E-state index contributed by atoms with van der Waals surface area (Å²) in [4.78, 5) is 0.417. The topological polar surface area (TPSA) is 69.4 Å². The molecule has 21 heavy (non-hydrogen) atoms. The highest BCUT2D eigenvalue weighted by Crippen LogP contribution is 2.18. The Balaban J connectivity index is 2.58. The van der Waals surface area contributed by atoms with Crippen LogP contribution in [0.2, 0.25) is 0 Å². The van der Waals surface area contributed by atoms with Gasteiger partial charge in [0.2, 0.25) is 0 Å². The Kier molecular flexibility index (Phi) is 6.31. The number of benzene rings is 1. The van der Waals surface area contributed by atoms with Crippen LogP contribution in [0.5, 0.6) is 0 Å². The van der Waals surface area contributed by atoms with Gasteiger partial charge in [-0.25, -0.2) is 8.42 Å². The molecular weight excluding hydrogens is 306 g/mol. The zero-order valence-electron chi connectivity index (χ0n) is 12.8. The molecule has 0 saturated heterocycles. The van der Waals surface area contributed by atoms with Crippen molar-refractivity contribution < 1.29 is 13.2 Å². The molecular formula is C15H23NO3S2. The Morgan fingerprint density at radius 3 is 2.52 bits per heavy atom. The van der Waals surface area contributed by atoms with Crippen molar-refractivity contribution in [1.29, 1.82) is 0 Å². The number of rotatable bonds is 7. The molecule has 0 spiro atoms. The zero-order chi connectivity index (χ0) is 16.1. The monoisotopic (exact) mass is 329 g/mol. The van der Waals surface area contributed by atoms with Crippen LogP contribution in [0, 0.1) is 5.41 Å². The number of thiocarbonyl (C=S) groups is 1. The Morgan fingerprint density at radius 1 is 1.29 bits per heavy atom. The van der Waals surface area contributed by atoms with Crippen LogP contribution < -0.4 is 5.73 Å². The summed E-state index contributed by atoms with van der Waals surface area (Å²) in [6.07, 6.45) is 0.893. The average Bonchev–Trinajstić information content (AvgIpc) is 2.37. The highest BCUT2D eigenvalue weighted by Gasteiger charge is 2.16. The lowest BCUT2D eigenvalue weighted by Gasteiger charge is -2.17. The van der Waals surface area contributed by atoms with Gasteiger partial charge < -0.3 is 10.5 Å². The molecule has 0 aliphatic heterocycles. The molecule has 2 N–H and O–H groups in total. The number of nitrogens with two attached hydrogens (primary N) is 1. The van der Waals surface area contributed by atoms with Gasteiger partial charge in [0.1, 0.15) is 4.99 Å². The number of sulfone groups is 1. The van der Waals surface area contributed by atoms with Gasteiger partial charge in [-0.2, -0.15) is 0 Å². The van der Waals surface area contributed by atoms with Crippen molar-refractivity contribution in [2.45, 2.75) is 32.1 Å². The molecule has 0 aliphatic carbocycles. The number of hydrogen-bond acceptors (Lipinski definition) is 4. The predicted octanol–water partition coefficient (Wildman–Crippen LogP) is 2.55. The van der Waals surface area contributed by atoms with Gasteiger partial charge >= 0.3 is 0 Å². The van der Waals surface area contributed by atoms with Crippen LogP contribution >= 0.6 is 12.2 Å². The Bertz CT molecular complexity index is 589. The van der Waals surface area contributed by atoms with E-state index in [1.807, 2.05) is 0 Å². The molecule has 0 heterocycles. The summed E-state index contributed by atoms with van der Waals surface area (Å²) >= 11 is 4.86. The van der Waals surface area contributed by atoms with E-state index in [0.717, 1.165) is 6.42 Å². The first-order valence-corrected chi connectivity index (χ1v) is 8.88. The molecule has 0 aromatic heterocycles. The third kappa shape index (κ3) is 6.54. The van der Waals surface area contributed by atoms with E-state index in [0.29, 0.717) is 12.2 Å². The highest BCUT2D eigenvalue weighted by atomic mass is 32.2. The van der Waals surface area contributed by atoms with Crippen molar-refractivity contribution in [2.24, 2.45) is 11.1 Å². The molecule has 0 fully saturated rings. The smallest absolute Gasteiger partial charge is 0.180 e. The summed E-state index contributed by atoms with van der Waals surface area (Å²) in [5, 5.41) is 0. The van der Waals surface area contributed by atoms with Crippen LogP contribution in [0.4, 0.5) is 0 Å². The fraction of sp³-hybridized carbons (Fsp3) is 0.533. The second-order valence-corrected chi connectivity index (χ2v) is 8.68. The van der Waals surface area contributed by atoms with Crippen LogP contribution in [0.3, 0.4) is 0 Å². The van der Waals surface area contributed by atoms with E-state index in [4.69, 9.17) is 22.7 Å². The zero-order valence-corrected chi connectivity index (χ0v) is 14.4. The van der Waals surface area contributed by atoms with E-state index in [2.05, 4.69) is 20.8 Å². The molecule has 0 bridgehead atoms. The molecule has 0 unspecified atom stereocenters. The largest absolute Gasteiger partial charge is 0.389 e. The van der Waals surface area contributed by atoms with Gasteiger partial charge in [0.15, 0.2) is 9.84 Å². The lowest BCUT2D eigenvalue weighted by Crippen LogP contribution is -2.16. The average molecular weight is 329 g/mol. The first kappa shape index (κ1) is 18.1. The van der Waals surface area contributed by atoms with Gasteiger partial charge in [-0.1, -0.05) is 45.1 Å². The normalized spacial score (nSPS) is 12.3. The van der Waals surface area contributed by atoms with Crippen molar-refractivity contribution in [3.05, 3.63) is 29.8 Å². The molecule has 118 valence electrons. The second kappa shape index (κ2) is 7.33. The minimum Gasteiger partial charge on any atom is -0.389 e. The van der Waals surface area contributed by atoms with Gasteiger partial charge in [0.05, 0.1) is 17.3 Å². The molecule has 1 aromatic rings.